The number of nitrogens with one attached hydrogen (secondary N) is 2. The Morgan fingerprint density at radius 1 is 1.25 bits per heavy atom. The second-order valence-corrected chi connectivity index (χ2v) is 3.78. The van der Waals surface area contributed by atoms with Crippen LogP contribution >= 0.6 is 0 Å². The van der Waals surface area contributed by atoms with Crippen molar-refractivity contribution in [2.24, 2.45) is 0 Å². The number of ether oxygens (including phenoxy) is 3. The van der Waals surface area contributed by atoms with Crippen molar-refractivity contribution in [3.63, 3.8) is 0 Å². The minimum absolute atomic E-state index is 0.0738. The first-order valence-electron chi connectivity index (χ1n) is 5.38. The number of methoxy groups -OCH3 is 3. The number of amides is 1. The van der Waals surface area contributed by atoms with E-state index >= 15 is 0 Å². The number of carbonyl (C=O) groups is 1. The van der Waals surface area contributed by atoms with Crippen LogP contribution in [0.25, 0.3) is 0 Å². The Hall–Kier alpha value is -0.850. The quantitative estimate of drug-likeness (QED) is 0.553. The average molecular weight is 232 g/mol. The van der Waals surface area contributed by atoms with Crippen molar-refractivity contribution in [2.75, 3.05) is 21.3 Å². The van der Waals surface area contributed by atoms with Gasteiger partial charge in [-0.1, -0.05) is 6.42 Å². The first kappa shape index (κ1) is 13.2. The Kier molecular flexibility index (Phi) is 4.98. The van der Waals surface area contributed by atoms with E-state index in [0.29, 0.717) is 0 Å². The summed E-state index contributed by atoms with van der Waals surface area (Å²) in [6.45, 7) is 0. The third-order valence-corrected chi connectivity index (χ3v) is 3.02. The molecule has 0 radical (unpaired) electrons. The Labute approximate surface area is 95.6 Å². The molecule has 1 aliphatic rings. The highest BCUT2D eigenvalue weighted by Gasteiger charge is 2.41. The standard InChI is InChI=1S/C10H20N2O4/c1-14-9(13)12-11-8-6-4-5-7-10(8,15-2)16-3/h8,11H,4-7H2,1-3H3,(H,12,13). The summed E-state index contributed by atoms with van der Waals surface area (Å²) < 4.78 is 15.3. The fourth-order valence-corrected chi connectivity index (χ4v) is 2.07. The van der Waals surface area contributed by atoms with Crippen LogP contribution in [0.2, 0.25) is 0 Å². The lowest BCUT2D eigenvalue weighted by Crippen LogP contribution is -2.59. The largest absolute Gasteiger partial charge is 0.452 e. The summed E-state index contributed by atoms with van der Waals surface area (Å²) in [5.74, 6) is -0.667. The molecule has 0 heterocycles. The van der Waals surface area contributed by atoms with E-state index < -0.39 is 11.9 Å². The number of hydrogen-bond donors (Lipinski definition) is 2. The first-order chi connectivity index (χ1) is 7.68. The predicted octanol–water partition coefficient (Wildman–Crippen LogP) is 0.779. The normalized spacial score (nSPS) is 23.8. The molecule has 1 atom stereocenters. The molecular formula is C10H20N2O4. The molecular weight excluding hydrogens is 212 g/mol. The zero-order chi connectivity index (χ0) is 12.0. The number of rotatable bonds is 4. The molecule has 1 aliphatic carbocycles. The van der Waals surface area contributed by atoms with Crippen molar-refractivity contribution in [3.05, 3.63) is 0 Å². The molecule has 0 aromatic heterocycles. The van der Waals surface area contributed by atoms with E-state index in [1.165, 1.54) is 7.11 Å². The van der Waals surface area contributed by atoms with Gasteiger partial charge in [-0.25, -0.2) is 10.2 Å². The van der Waals surface area contributed by atoms with Crippen LogP contribution in [0.1, 0.15) is 25.7 Å². The van der Waals surface area contributed by atoms with E-state index in [1.807, 2.05) is 0 Å². The van der Waals surface area contributed by atoms with Crippen LogP contribution in [-0.4, -0.2) is 39.3 Å². The van der Waals surface area contributed by atoms with Crippen molar-refractivity contribution in [1.29, 1.82) is 0 Å². The monoisotopic (exact) mass is 232 g/mol. The Morgan fingerprint density at radius 3 is 2.50 bits per heavy atom. The molecule has 94 valence electrons. The highest BCUT2D eigenvalue weighted by molar-refractivity contribution is 5.66. The van der Waals surface area contributed by atoms with Gasteiger partial charge in [-0.3, -0.25) is 5.43 Å². The Morgan fingerprint density at radius 2 is 1.94 bits per heavy atom. The summed E-state index contributed by atoms with van der Waals surface area (Å²) in [5.41, 5.74) is 5.34. The van der Waals surface area contributed by atoms with E-state index in [1.54, 1.807) is 14.2 Å². The zero-order valence-corrected chi connectivity index (χ0v) is 10.0. The van der Waals surface area contributed by atoms with Crippen LogP contribution in [0.15, 0.2) is 0 Å². The molecule has 1 rings (SSSR count). The third kappa shape index (κ3) is 2.84. The minimum atomic E-state index is -0.667. The van der Waals surface area contributed by atoms with E-state index in [9.17, 15) is 4.79 Å². The second kappa shape index (κ2) is 6.03. The fourth-order valence-electron chi connectivity index (χ4n) is 2.07. The van der Waals surface area contributed by atoms with E-state index in [2.05, 4.69) is 15.6 Å². The number of carbonyl (C=O) groups excluding carboxylic acids is 1. The van der Waals surface area contributed by atoms with E-state index in [-0.39, 0.29) is 6.04 Å². The summed E-state index contributed by atoms with van der Waals surface area (Å²) in [7, 11) is 4.54. The first-order valence-corrected chi connectivity index (χ1v) is 5.38. The van der Waals surface area contributed by atoms with Gasteiger partial charge in [-0.2, -0.15) is 0 Å². The highest BCUT2D eigenvalue weighted by Crippen LogP contribution is 2.31. The van der Waals surface area contributed by atoms with E-state index in [0.717, 1.165) is 25.7 Å². The molecule has 0 spiro atoms. The van der Waals surface area contributed by atoms with Gasteiger partial charge in [-0.05, 0) is 12.8 Å². The lowest BCUT2D eigenvalue weighted by Gasteiger charge is -2.41. The molecule has 16 heavy (non-hydrogen) atoms. The number of hydrogen-bond acceptors (Lipinski definition) is 5. The van der Waals surface area contributed by atoms with Gasteiger partial charge in [-0.15, -0.1) is 0 Å². The van der Waals surface area contributed by atoms with E-state index in [4.69, 9.17) is 9.47 Å². The van der Waals surface area contributed by atoms with Gasteiger partial charge < -0.3 is 14.2 Å². The topological polar surface area (TPSA) is 68.8 Å². The molecule has 0 aromatic rings. The van der Waals surface area contributed by atoms with Gasteiger partial charge in [0.1, 0.15) is 0 Å². The van der Waals surface area contributed by atoms with Gasteiger partial charge in [0.05, 0.1) is 13.2 Å². The fraction of sp³-hybridized carbons (Fsp3) is 0.900. The summed E-state index contributed by atoms with van der Waals surface area (Å²) >= 11 is 0. The van der Waals surface area contributed by atoms with Crippen molar-refractivity contribution in [1.82, 2.24) is 10.9 Å². The molecule has 1 unspecified atom stereocenters. The van der Waals surface area contributed by atoms with Crippen molar-refractivity contribution in [3.8, 4) is 0 Å². The summed E-state index contributed by atoms with van der Waals surface area (Å²) in [5, 5.41) is 0. The lowest BCUT2D eigenvalue weighted by atomic mass is 9.89. The van der Waals surface area contributed by atoms with Crippen LogP contribution in [0, 0.1) is 0 Å². The van der Waals surface area contributed by atoms with Crippen molar-refractivity contribution in [2.45, 2.75) is 37.5 Å². The van der Waals surface area contributed by atoms with Gasteiger partial charge >= 0.3 is 6.09 Å². The molecule has 6 nitrogen and oxygen atoms in total. The van der Waals surface area contributed by atoms with Crippen LogP contribution < -0.4 is 10.9 Å². The summed E-state index contributed by atoms with van der Waals surface area (Å²) in [6, 6.07) is -0.0738. The average Bonchev–Trinajstić information content (AvgIpc) is 2.36. The molecule has 0 aromatic carbocycles. The third-order valence-electron chi connectivity index (χ3n) is 3.02. The number of hydrazine groups is 1. The van der Waals surface area contributed by atoms with Crippen molar-refractivity contribution < 1.29 is 19.0 Å². The molecule has 0 aliphatic heterocycles. The van der Waals surface area contributed by atoms with Gasteiger partial charge in [0.15, 0.2) is 5.79 Å². The zero-order valence-electron chi connectivity index (χ0n) is 10.0. The maximum absolute atomic E-state index is 11.0. The molecule has 0 saturated heterocycles. The van der Waals surface area contributed by atoms with Gasteiger partial charge in [0.2, 0.25) is 0 Å². The summed E-state index contributed by atoms with van der Waals surface area (Å²) in [4.78, 5) is 11.0. The molecule has 6 heteroatoms. The molecule has 2 N–H and O–H groups in total. The molecule has 1 saturated carbocycles. The minimum Gasteiger partial charge on any atom is -0.452 e. The van der Waals surface area contributed by atoms with Crippen LogP contribution in [0.4, 0.5) is 4.79 Å². The van der Waals surface area contributed by atoms with Crippen LogP contribution in [-0.2, 0) is 14.2 Å². The highest BCUT2D eigenvalue weighted by atomic mass is 16.7. The maximum Gasteiger partial charge on any atom is 0.421 e. The molecule has 0 bridgehead atoms. The molecule has 1 amide bonds. The SMILES string of the molecule is COC(=O)NNC1CCCCC1(OC)OC. The van der Waals surface area contributed by atoms with Crippen LogP contribution in [0.5, 0.6) is 0 Å². The molecule has 1 fully saturated rings. The van der Waals surface area contributed by atoms with Crippen molar-refractivity contribution >= 4 is 6.09 Å². The maximum atomic E-state index is 11.0. The van der Waals surface area contributed by atoms with Gasteiger partial charge in [0.25, 0.3) is 0 Å². The summed E-state index contributed by atoms with van der Waals surface area (Å²) in [6.07, 6.45) is 3.30. The second-order valence-electron chi connectivity index (χ2n) is 3.78. The lowest BCUT2D eigenvalue weighted by molar-refractivity contribution is -0.239. The van der Waals surface area contributed by atoms with Crippen LogP contribution in [0.3, 0.4) is 0 Å². The van der Waals surface area contributed by atoms with Gasteiger partial charge in [0, 0.05) is 20.6 Å². The Bertz CT molecular complexity index is 231. The Balaban J connectivity index is 2.56. The smallest absolute Gasteiger partial charge is 0.421 e. The predicted molar refractivity (Wildman–Crippen MR) is 57.7 cm³/mol.